The fraction of sp³-hybridized carbons (Fsp3) is 0.160. The van der Waals surface area contributed by atoms with E-state index in [1.165, 1.54) is 35.4 Å². The van der Waals surface area contributed by atoms with Gasteiger partial charge in [0.1, 0.15) is 29.8 Å². The number of nitrogens with one attached hydrogen (secondary N) is 1. The second kappa shape index (κ2) is 8.83. The monoisotopic (exact) mass is 486 g/mol. The van der Waals surface area contributed by atoms with Gasteiger partial charge in [0, 0.05) is 23.4 Å². The first-order valence-corrected chi connectivity index (χ1v) is 11.0. The summed E-state index contributed by atoms with van der Waals surface area (Å²) in [5.41, 5.74) is 2.99. The number of nitrogens with zero attached hydrogens (tertiary/aromatic N) is 7. The highest BCUT2D eigenvalue weighted by Gasteiger charge is 2.18. The van der Waals surface area contributed by atoms with E-state index in [9.17, 15) is 14.8 Å². The standard InChI is InChI=1S/C25H20F2N8O/c1-13-6-16(10-28)33-35(13)25-18(15(3)36)4-5-24(32-25)34-12-30-22-9-21(20(27)8-23(22)34)31-17-7-19(26)14(2)29-11-17/h4-9,11-12,15,31,36H,1-3H3/t15-/m0/s1. The topological polar surface area (TPSA) is 117 Å². The maximum atomic E-state index is 15.1. The van der Waals surface area contributed by atoms with Crippen molar-refractivity contribution in [3.05, 3.63) is 83.2 Å². The van der Waals surface area contributed by atoms with Gasteiger partial charge in [-0.3, -0.25) is 9.55 Å². The van der Waals surface area contributed by atoms with Crippen LogP contribution in [0.1, 0.15) is 35.7 Å². The molecule has 0 spiro atoms. The summed E-state index contributed by atoms with van der Waals surface area (Å²) in [6.07, 6.45) is 2.08. The van der Waals surface area contributed by atoms with E-state index in [4.69, 9.17) is 0 Å². The summed E-state index contributed by atoms with van der Waals surface area (Å²) in [4.78, 5) is 13.0. The fourth-order valence-corrected chi connectivity index (χ4v) is 3.86. The SMILES string of the molecule is Cc1ncc(Nc2cc3ncn(-c4ccc([C@H](C)O)c(-n5nc(C#N)cc5C)n4)c3cc2F)cc1F. The van der Waals surface area contributed by atoms with Crippen molar-refractivity contribution in [2.75, 3.05) is 5.32 Å². The molecule has 4 aromatic heterocycles. The predicted molar refractivity (Wildman–Crippen MR) is 128 cm³/mol. The van der Waals surface area contributed by atoms with Crippen molar-refractivity contribution in [1.82, 2.24) is 29.3 Å². The zero-order chi connectivity index (χ0) is 25.6. The van der Waals surface area contributed by atoms with Gasteiger partial charge in [0.15, 0.2) is 11.5 Å². The van der Waals surface area contributed by atoms with Crippen LogP contribution in [0.4, 0.5) is 20.2 Å². The van der Waals surface area contributed by atoms with Crippen molar-refractivity contribution in [3.63, 3.8) is 0 Å². The van der Waals surface area contributed by atoms with Gasteiger partial charge >= 0.3 is 0 Å². The summed E-state index contributed by atoms with van der Waals surface area (Å²) < 4.78 is 32.0. The molecule has 36 heavy (non-hydrogen) atoms. The molecule has 0 bridgehead atoms. The second-order valence-corrected chi connectivity index (χ2v) is 8.30. The number of pyridine rings is 2. The largest absolute Gasteiger partial charge is 0.389 e. The Hall–Kier alpha value is -4.69. The molecule has 0 saturated heterocycles. The van der Waals surface area contributed by atoms with E-state index >= 15 is 4.39 Å². The maximum absolute atomic E-state index is 15.1. The number of aliphatic hydroxyl groups is 1. The molecule has 0 radical (unpaired) electrons. The average Bonchev–Trinajstić information content (AvgIpc) is 3.44. The lowest BCUT2D eigenvalue weighted by atomic mass is 10.1. The summed E-state index contributed by atoms with van der Waals surface area (Å²) >= 11 is 0. The molecule has 0 amide bonds. The van der Waals surface area contributed by atoms with Gasteiger partial charge in [0.25, 0.3) is 0 Å². The van der Waals surface area contributed by atoms with Crippen LogP contribution in [-0.2, 0) is 0 Å². The Kier molecular flexibility index (Phi) is 5.66. The van der Waals surface area contributed by atoms with Gasteiger partial charge in [-0.1, -0.05) is 0 Å². The molecule has 9 nitrogen and oxygen atoms in total. The van der Waals surface area contributed by atoms with E-state index in [0.29, 0.717) is 39.6 Å². The molecule has 0 saturated carbocycles. The molecule has 0 aliphatic carbocycles. The van der Waals surface area contributed by atoms with E-state index in [0.717, 1.165) is 0 Å². The third-order valence-electron chi connectivity index (χ3n) is 5.73. The second-order valence-electron chi connectivity index (χ2n) is 8.30. The first kappa shape index (κ1) is 23.1. The number of aromatic nitrogens is 6. The minimum absolute atomic E-state index is 0.118. The van der Waals surface area contributed by atoms with E-state index in [-0.39, 0.29) is 17.1 Å². The van der Waals surface area contributed by atoms with Gasteiger partial charge in [-0.15, -0.1) is 0 Å². The lowest BCUT2D eigenvalue weighted by molar-refractivity contribution is 0.198. The highest BCUT2D eigenvalue weighted by Crippen LogP contribution is 2.28. The third-order valence-corrected chi connectivity index (χ3v) is 5.73. The highest BCUT2D eigenvalue weighted by atomic mass is 19.1. The van der Waals surface area contributed by atoms with Crippen molar-refractivity contribution >= 4 is 22.4 Å². The van der Waals surface area contributed by atoms with E-state index in [1.807, 2.05) is 6.07 Å². The Morgan fingerprint density at radius 2 is 1.89 bits per heavy atom. The van der Waals surface area contributed by atoms with E-state index < -0.39 is 17.7 Å². The van der Waals surface area contributed by atoms with Crippen LogP contribution < -0.4 is 5.32 Å². The number of fused-ring (bicyclic) bond motifs is 1. The number of hydrogen-bond acceptors (Lipinski definition) is 7. The average molecular weight is 486 g/mol. The fourth-order valence-electron chi connectivity index (χ4n) is 3.86. The number of halogens is 2. The number of nitriles is 1. The van der Waals surface area contributed by atoms with Crippen molar-refractivity contribution < 1.29 is 13.9 Å². The summed E-state index contributed by atoms with van der Waals surface area (Å²) in [6.45, 7) is 4.93. The Morgan fingerprint density at radius 1 is 1.08 bits per heavy atom. The van der Waals surface area contributed by atoms with Crippen molar-refractivity contribution in [3.8, 4) is 17.7 Å². The molecule has 0 aliphatic rings. The predicted octanol–water partition coefficient (Wildman–Crippen LogP) is 4.56. The quantitative estimate of drug-likeness (QED) is 0.374. The maximum Gasteiger partial charge on any atom is 0.163 e. The van der Waals surface area contributed by atoms with Gasteiger partial charge < -0.3 is 10.4 Å². The Morgan fingerprint density at radius 3 is 2.58 bits per heavy atom. The molecule has 0 fully saturated rings. The summed E-state index contributed by atoms with van der Waals surface area (Å²) in [7, 11) is 0. The van der Waals surface area contributed by atoms with Crippen LogP contribution in [0.15, 0.2) is 48.9 Å². The zero-order valence-electron chi connectivity index (χ0n) is 19.5. The van der Waals surface area contributed by atoms with Crippen LogP contribution in [-0.4, -0.2) is 34.4 Å². The van der Waals surface area contributed by atoms with Crippen LogP contribution in [0.3, 0.4) is 0 Å². The number of aliphatic hydroxyl groups excluding tert-OH is 1. The van der Waals surface area contributed by atoms with Crippen molar-refractivity contribution in [2.24, 2.45) is 0 Å². The first-order valence-electron chi connectivity index (χ1n) is 11.0. The normalized spacial score (nSPS) is 12.0. The smallest absolute Gasteiger partial charge is 0.163 e. The van der Waals surface area contributed by atoms with Crippen molar-refractivity contribution in [1.29, 1.82) is 5.26 Å². The molecule has 5 rings (SSSR count). The van der Waals surface area contributed by atoms with Crippen LogP contribution in [0.2, 0.25) is 0 Å². The molecule has 0 unspecified atom stereocenters. The number of rotatable bonds is 5. The Balaban J connectivity index is 1.58. The lowest BCUT2D eigenvalue weighted by Gasteiger charge is -2.15. The van der Waals surface area contributed by atoms with Gasteiger partial charge in [-0.05, 0) is 45.0 Å². The molecule has 5 aromatic rings. The lowest BCUT2D eigenvalue weighted by Crippen LogP contribution is -2.11. The number of hydrogen-bond donors (Lipinski definition) is 2. The summed E-state index contributed by atoms with van der Waals surface area (Å²) in [6, 6.07) is 11.1. The molecule has 4 heterocycles. The third kappa shape index (κ3) is 4.03. The number of aryl methyl sites for hydroxylation is 2. The first-order chi connectivity index (χ1) is 17.2. The minimum Gasteiger partial charge on any atom is -0.389 e. The van der Waals surface area contributed by atoms with Gasteiger partial charge in [-0.2, -0.15) is 10.4 Å². The molecule has 1 atom stereocenters. The Labute approximate surface area is 204 Å². The van der Waals surface area contributed by atoms with Crippen LogP contribution in [0.5, 0.6) is 0 Å². The number of benzene rings is 1. The van der Waals surface area contributed by atoms with Crippen molar-refractivity contribution in [2.45, 2.75) is 26.9 Å². The van der Waals surface area contributed by atoms with Gasteiger partial charge in [0.05, 0.1) is 40.4 Å². The summed E-state index contributed by atoms with van der Waals surface area (Å²) in [5.74, 6) is -0.318. The molecule has 2 N–H and O–H groups in total. The van der Waals surface area contributed by atoms with Crippen LogP contribution in [0, 0.1) is 36.8 Å². The van der Waals surface area contributed by atoms with Gasteiger partial charge in [0.2, 0.25) is 0 Å². The van der Waals surface area contributed by atoms with Gasteiger partial charge in [-0.25, -0.2) is 23.4 Å². The number of imidazole rings is 1. The Bertz CT molecular complexity index is 1670. The molecule has 180 valence electrons. The summed E-state index contributed by atoms with van der Waals surface area (Å²) in [5, 5.41) is 26.6. The van der Waals surface area contributed by atoms with Crippen LogP contribution in [0.25, 0.3) is 22.7 Å². The van der Waals surface area contributed by atoms with E-state index in [2.05, 4.69) is 25.4 Å². The molecular formula is C25H20F2N8O. The molecule has 1 aromatic carbocycles. The highest BCUT2D eigenvalue weighted by molar-refractivity contribution is 5.82. The number of anilines is 2. The zero-order valence-corrected chi connectivity index (χ0v) is 19.5. The molecule has 0 aliphatic heterocycles. The molecule has 11 heteroatoms. The van der Waals surface area contributed by atoms with E-state index in [1.54, 1.807) is 43.5 Å². The van der Waals surface area contributed by atoms with Crippen LogP contribution >= 0.6 is 0 Å². The minimum atomic E-state index is -0.845. The molecular weight excluding hydrogens is 466 g/mol.